The normalized spacial score (nSPS) is 28.7. The van der Waals surface area contributed by atoms with Crippen LogP contribution in [-0.4, -0.2) is 16.4 Å². The van der Waals surface area contributed by atoms with Crippen LogP contribution in [0.2, 0.25) is 0 Å². The molecule has 1 amide bonds. The van der Waals surface area contributed by atoms with Crippen molar-refractivity contribution in [2.45, 2.75) is 38.1 Å². The summed E-state index contributed by atoms with van der Waals surface area (Å²) in [4.78, 5) is 16.2. The van der Waals surface area contributed by atoms with Crippen LogP contribution < -0.4 is 11.1 Å². The van der Waals surface area contributed by atoms with Crippen LogP contribution in [0.4, 0.5) is 5.82 Å². The lowest BCUT2D eigenvalue weighted by Crippen LogP contribution is -2.51. The molecule has 92 valence electrons. The van der Waals surface area contributed by atoms with Gasteiger partial charge in [0.25, 0.3) is 0 Å². The van der Waals surface area contributed by atoms with Crippen molar-refractivity contribution >= 4 is 11.7 Å². The van der Waals surface area contributed by atoms with Gasteiger partial charge < -0.3 is 11.1 Å². The minimum atomic E-state index is -0.392. The summed E-state index contributed by atoms with van der Waals surface area (Å²) in [6.45, 7) is 1.97. The number of carbonyl (C=O) groups is 1. The van der Waals surface area contributed by atoms with Crippen LogP contribution in [0.1, 0.15) is 32.6 Å². The number of anilines is 1. The Bertz CT molecular complexity index is 389. The van der Waals surface area contributed by atoms with Gasteiger partial charge in [-0.1, -0.05) is 18.9 Å². The molecule has 0 saturated heterocycles. The third-order valence-electron chi connectivity index (χ3n) is 3.49. The molecule has 1 fully saturated rings. The lowest BCUT2D eigenvalue weighted by atomic mass is 9.74. The fraction of sp³-hybridized carbons (Fsp3) is 0.538. The zero-order valence-corrected chi connectivity index (χ0v) is 10.1. The maximum absolute atomic E-state index is 12.2. The number of hydrogen-bond acceptors (Lipinski definition) is 3. The van der Waals surface area contributed by atoms with E-state index in [2.05, 4.69) is 10.3 Å². The van der Waals surface area contributed by atoms with Gasteiger partial charge in [-0.3, -0.25) is 4.79 Å². The Morgan fingerprint density at radius 2 is 2.35 bits per heavy atom. The van der Waals surface area contributed by atoms with Gasteiger partial charge in [-0.25, -0.2) is 4.98 Å². The summed E-state index contributed by atoms with van der Waals surface area (Å²) in [5.41, 5.74) is 5.80. The highest BCUT2D eigenvalue weighted by atomic mass is 16.2. The molecule has 0 radical (unpaired) electrons. The van der Waals surface area contributed by atoms with Crippen LogP contribution in [0, 0.1) is 5.92 Å². The van der Waals surface area contributed by atoms with Gasteiger partial charge in [-0.15, -0.1) is 0 Å². The molecule has 17 heavy (non-hydrogen) atoms. The fourth-order valence-electron chi connectivity index (χ4n) is 2.44. The molecule has 2 atom stereocenters. The average Bonchev–Trinajstić information content (AvgIpc) is 2.29. The number of nitrogens with zero attached hydrogens (tertiary/aromatic N) is 1. The topological polar surface area (TPSA) is 68.0 Å². The first-order chi connectivity index (χ1) is 8.09. The van der Waals surface area contributed by atoms with Crippen LogP contribution in [-0.2, 0) is 4.79 Å². The molecule has 0 aliphatic heterocycles. The Kier molecular flexibility index (Phi) is 3.43. The van der Waals surface area contributed by atoms with Crippen molar-refractivity contribution in [3.63, 3.8) is 0 Å². The molecule has 1 aromatic rings. The Morgan fingerprint density at radius 3 is 3.00 bits per heavy atom. The lowest BCUT2D eigenvalue weighted by molar-refractivity contribution is -0.122. The second-order valence-corrected chi connectivity index (χ2v) is 5.01. The van der Waals surface area contributed by atoms with E-state index in [1.54, 1.807) is 12.3 Å². The van der Waals surface area contributed by atoms with E-state index in [0.29, 0.717) is 5.82 Å². The average molecular weight is 233 g/mol. The van der Waals surface area contributed by atoms with Gasteiger partial charge in [-0.2, -0.15) is 0 Å². The highest BCUT2D eigenvalue weighted by molar-refractivity contribution is 5.92. The SMILES string of the molecule is CC1(N)CCCCC1C(=O)Nc1ccccn1. The predicted octanol–water partition coefficient (Wildman–Crippen LogP) is 1.93. The third kappa shape index (κ3) is 2.82. The van der Waals surface area contributed by atoms with E-state index in [1.807, 2.05) is 19.1 Å². The largest absolute Gasteiger partial charge is 0.325 e. The van der Waals surface area contributed by atoms with Gasteiger partial charge in [-0.05, 0) is 31.9 Å². The molecule has 4 nitrogen and oxygen atoms in total. The zero-order chi connectivity index (χ0) is 12.3. The first kappa shape index (κ1) is 12.0. The minimum absolute atomic E-state index is 0.00611. The number of nitrogens with one attached hydrogen (secondary N) is 1. The molecule has 2 rings (SSSR count). The molecule has 1 aromatic heterocycles. The number of nitrogens with two attached hydrogens (primary N) is 1. The van der Waals surface area contributed by atoms with Crippen molar-refractivity contribution in [3.05, 3.63) is 24.4 Å². The summed E-state index contributed by atoms with van der Waals surface area (Å²) in [5, 5.41) is 2.84. The van der Waals surface area contributed by atoms with Gasteiger partial charge in [0.15, 0.2) is 0 Å². The number of rotatable bonds is 2. The minimum Gasteiger partial charge on any atom is -0.325 e. The summed E-state index contributed by atoms with van der Waals surface area (Å²) < 4.78 is 0. The van der Waals surface area contributed by atoms with Crippen LogP contribution in [0.5, 0.6) is 0 Å². The maximum Gasteiger partial charge on any atom is 0.230 e. The zero-order valence-electron chi connectivity index (χ0n) is 10.1. The van der Waals surface area contributed by atoms with Crippen molar-refractivity contribution in [2.75, 3.05) is 5.32 Å². The van der Waals surface area contributed by atoms with E-state index >= 15 is 0 Å². The number of aromatic nitrogens is 1. The highest BCUT2D eigenvalue weighted by Gasteiger charge is 2.37. The molecule has 4 heteroatoms. The second-order valence-electron chi connectivity index (χ2n) is 5.01. The molecule has 0 spiro atoms. The second kappa shape index (κ2) is 4.84. The number of carbonyl (C=O) groups excluding carboxylic acids is 1. The van der Waals surface area contributed by atoms with Crippen molar-refractivity contribution in [1.82, 2.24) is 4.98 Å². The Balaban J connectivity index is 2.04. The molecule has 1 heterocycles. The van der Waals surface area contributed by atoms with E-state index in [1.165, 1.54) is 0 Å². The Labute approximate surface area is 102 Å². The first-order valence-corrected chi connectivity index (χ1v) is 6.10. The number of hydrogen-bond donors (Lipinski definition) is 2. The quantitative estimate of drug-likeness (QED) is 0.820. The summed E-state index contributed by atoms with van der Waals surface area (Å²) in [6.07, 6.45) is 5.63. The molecule has 1 saturated carbocycles. The smallest absolute Gasteiger partial charge is 0.230 e. The van der Waals surface area contributed by atoms with Crippen molar-refractivity contribution in [1.29, 1.82) is 0 Å². The van der Waals surface area contributed by atoms with Gasteiger partial charge >= 0.3 is 0 Å². The molecule has 1 aliphatic rings. The van der Waals surface area contributed by atoms with E-state index < -0.39 is 5.54 Å². The summed E-state index contributed by atoms with van der Waals surface area (Å²) in [6, 6.07) is 5.46. The van der Waals surface area contributed by atoms with E-state index in [4.69, 9.17) is 5.73 Å². The van der Waals surface area contributed by atoms with Crippen molar-refractivity contribution in [2.24, 2.45) is 11.7 Å². The summed E-state index contributed by atoms with van der Waals surface area (Å²) >= 11 is 0. The number of pyridine rings is 1. The van der Waals surface area contributed by atoms with Crippen LogP contribution in [0.3, 0.4) is 0 Å². The highest BCUT2D eigenvalue weighted by Crippen LogP contribution is 2.32. The van der Waals surface area contributed by atoms with Crippen LogP contribution in [0.15, 0.2) is 24.4 Å². The molecule has 2 unspecified atom stereocenters. The van der Waals surface area contributed by atoms with Crippen molar-refractivity contribution in [3.8, 4) is 0 Å². The molecular formula is C13H19N3O. The molecule has 0 bridgehead atoms. The van der Waals surface area contributed by atoms with Gasteiger partial charge in [0, 0.05) is 11.7 Å². The fourth-order valence-corrected chi connectivity index (χ4v) is 2.44. The standard InChI is InChI=1S/C13H19N3O/c1-13(14)8-4-2-6-10(13)12(17)16-11-7-3-5-9-15-11/h3,5,7,9-10H,2,4,6,8,14H2,1H3,(H,15,16,17). The summed E-state index contributed by atoms with van der Waals surface area (Å²) in [5.74, 6) is 0.477. The molecule has 1 aliphatic carbocycles. The monoisotopic (exact) mass is 233 g/mol. The molecule has 3 N–H and O–H groups in total. The van der Waals surface area contributed by atoms with Crippen LogP contribution in [0.25, 0.3) is 0 Å². The van der Waals surface area contributed by atoms with E-state index in [0.717, 1.165) is 25.7 Å². The van der Waals surface area contributed by atoms with Gasteiger partial charge in [0.2, 0.25) is 5.91 Å². The van der Waals surface area contributed by atoms with E-state index in [9.17, 15) is 4.79 Å². The first-order valence-electron chi connectivity index (χ1n) is 6.10. The molecular weight excluding hydrogens is 214 g/mol. The Hall–Kier alpha value is -1.42. The predicted molar refractivity (Wildman–Crippen MR) is 67.4 cm³/mol. The molecule has 0 aromatic carbocycles. The van der Waals surface area contributed by atoms with Gasteiger partial charge in [0.1, 0.15) is 5.82 Å². The lowest BCUT2D eigenvalue weighted by Gasteiger charge is -2.37. The Morgan fingerprint density at radius 1 is 1.53 bits per heavy atom. The number of amides is 1. The van der Waals surface area contributed by atoms with Crippen molar-refractivity contribution < 1.29 is 4.79 Å². The summed E-state index contributed by atoms with van der Waals surface area (Å²) in [7, 11) is 0. The van der Waals surface area contributed by atoms with Gasteiger partial charge in [0.05, 0.1) is 5.92 Å². The third-order valence-corrected chi connectivity index (χ3v) is 3.49. The van der Waals surface area contributed by atoms with Crippen LogP contribution >= 0.6 is 0 Å². The van der Waals surface area contributed by atoms with E-state index in [-0.39, 0.29) is 11.8 Å². The maximum atomic E-state index is 12.2.